The summed E-state index contributed by atoms with van der Waals surface area (Å²) in [6.45, 7) is 1.52. The van der Waals surface area contributed by atoms with Crippen molar-refractivity contribution in [2.45, 2.75) is 6.92 Å². The van der Waals surface area contributed by atoms with Gasteiger partial charge in [-0.1, -0.05) is 11.6 Å². The molecule has 0 bridgehead atoms. The van der Waals surface area contributed by atoms with Gasteiger partial charge in [0.2, 0.25) is 5.88 Å². The number of carboxylic acid groups (broad SMARTS) is 1. The van der Waals surface area contributed by atoms with E-state index in [1.165, 1.54) is 37.3 Å². The second-order valence-electron chi connectivity index (χ2n) is 4.06. The lowest BCUT2D eigenvalue weighted by Crippen LogP contribution is -2.02. The zero-order chi connectivity index (χ0) is 15.6. The summed E-state index contributed by atoms with van der Waals surface area (Å²) >= 11 is 5.90. The predicted octanol–water partition coefficient (Wildman–Crippen LogP) is 3.44. The molecule has 1 heterocycles. The Bertz CT molecular complexity index is 732. The summed E-state index contributed by atoms with van der Waals surface area (Å²) in [6.07, 6.45) is 0. The van der Waals surface area contributed by atoms with Crippen LogP contribution < -0.4 is 4.74 Å². The maximum atomic E-state index is 10.9. The molecule has 0 aliphatic carbocycles. The number of ether oxygens (including phenoxy) is 1. The van der Waals surface area contributed by atoms with Crippen LogP contribution in [-0.4, -0.2) is 21.0 Å². The summed E-state index contributed by atoms with van der Waals surface area (Å²) in [7, 11) is 0. The van der Waals surface area contributed by atoms with Gasteiger partial charge in [-0.3, -0.25) is 10.1 Å². The van der Waals surface area contributed by atoms with Gasteiger partial charge in [0.1, 0.15) is 0 Å². The van der Waals surface area contributed by atoms with Crippen molar-refractivity contribution >= 4 is 23.3 Å². The zero-order valence-corrected chi connectivity index (χ0v) is 11.5. The molecule has 7 nitrogen and oxygen atoms in total. The van der Waals surface area contributed by atoms with E-state index in [-0.39, 0.29) is 33.6 Å². The molecule has 2 aromatic rings. The fourth-order valence-corrected chi connectivity index (χ4v) is 1.77. The number of nitrogens with zero attached hydrogens (tertiary/aromatic N) is 2. The first-order valence-electron chi connectivity index (χ1n) is 5.71. The molecule has 0 amide bonds. The largest absolute Gasteiger partial charge is 0.478 e. The Morgan fingerprint density at radius 3 is 2.67 bits per heavy atom. The van der Waals surface area contributed by atoms with E-state index in [9.17, 15) is 14.9 Å². The molecular formula is C13H9ClN2O5. The average molecular weight is 309 g/mol. The molecule has 2 rings (SSSR count). The molecule has 0 spiro atoms. The number of hydrogen-bond acceptors (Lipinski definition) is 5. The molecule has 0 aliphatic heterocycles. The minimum Gasteiger partial charge on any atom is -0.478 e. The number of nitro benzene ring substituents is 1. The highest BCUT2D eigenvalue weighted by molar-refractivity contribution is 6.32. The monoisotopic (exact) mass is 308 g/mol. The first kappa shape index (κ1) is 14.7. The Kier molecular flexibility index (Phi) is 4.04. The van der Waals surface area contributed by atoms with Crippen LogP contribution in [0.5, 0.6) is 11.6 Å². The number of halogens is 1. The summed E-state index contributed by atoms with van der Waals surface area (Å²) in [5, 5.41) is 19.8. The Morgan fingerprint density at radius 2 is 2.10 bits per heavy atom. The van der Waals surface area contributed by atoms with Crippen molar-refractivity contribution in [1.29, 1.82) is 0 Å². The van der Waals surface area contributed by atoms with Crippen LogP contribution in [0.1, 0.15) is 16.1 Å². The van der Waals surface area contributed by atoms with Crippen LogP contribution in [0.4, 0.5) is 5.69 Å². The van der Waals surface area contributed by atoms with E-state index in [0.717, 1.165) is 0 Å². The lowest BCUT2D eigenvalue weighted by atomic mass is 10.2. The van der Waals surface area contributed by atoms with Crippen LogP contribution in [0, 0.1) is 17.0 Å². The first-order chi connectivity index (χ1) is 9.88. The van der Waals surface area contributed by atoms with E-state index >= 15 is 0 Å². The first-order valence-corrected chi connectivity index (χ1v) is 6.09. The number of rotatable bonds is 4. The molecule has 21 heavy (non-hydrogen) atoms. The van der Waals surface area contributed by atoms with E-state index in [1.807, 2.05) is 0 Å². The van der Waals surface area contributed by atoms with E-state index in [2.05, 4.69) is 4.98 Å². The summed E-state index contributed by atoms with van der Waals surface area (Å²) in [5.74, 6) is -0.930. The molecule has 0 atom stereocenters. The minimum atomic E-state index is -1.10. The number of carbonyl (C=O) groups is 1. The van der Waals surface area contributed by atoms with E-state index in [1.54, 1.807) is 0 Å². The number of pyridine rings is 1. The summed E-state index contributed by atoms with van der Waals surface area (Å²) in [4.78, 5) is 25.0. The van der Waals surface area contributed by atoms with Crippen LogP contribution in [0.2, 0.25) is 5.02 Å². The number of carboxylic acids is 1. The molecule has 8 heteroatoms. The van der Waals surface area contributed by atoms with Crippen molar-refractivity contribution < 1.29 is 19.6 Å². The second kappa shape index (κ2) is 5.76. The van der Waals surface area contributed by atoms with Crippen molar-refractivity contribution in [3.8, 4) is 11.6 Å². The van der Waals surface area contributed by atoms with E-state index in [4.69, 9.17) is 21.4 Å². The van der Waals surface area contributed by atoms with Gasteiger partial charge in [0, 0.05) is 12.1 Å². The number of aryl methyl sites for hydroxylation is 1. The Morgan fingerprint density at radius 1 is 1.38 bits per heavy atom. The van der Waals surface area contributed by atoms with Gasteiger partial charge in [0.25, 0.3) is 5.69 Å². The molecule has 0 fully saturated rings. The fourth-order valence-electron chi connectivity index (χ4n) is 1.62. The highest BCUT2D eigenvalue weighted by Gasteiger charge is 2.14. The molecule has 0 saturated heterocycles. The maximum Gasteiger partial charge on any atom is 0.337 e. The Hall–Kier alpha value is -2.67. The normalized spacial score (nSPS) is 10.2. The predicted molar refractivity (Wildman–Crippen MR) is 74.1 cm³/mol. The molecular weight excluding hydrogens is 300 g/mol. The maximum absolute atomic E-state index is 10.9. The number of aromatic carboxylic acids is 1. The lowest BCUT2D eigenvalue weighted by molar-refractivity contribution is -0.384. The van der Waals surface area contributed by atoms with Crippen LogP contribution in [0.15, 0.2) is 30.3 Å². The summed E-state index contributed by atoms with van der Waals surface area (Å²) in [5.41, 5.74) is 0.141. The van der Waals surface area contributed by atoms with Crippen LogP contribution >= 0.6 is 11.6 Å². The summed E-state index contributed by atoms with van der Waals surface area (Å²) < 4.78 is 5.38. The third-order valence-corrected chi connectivity index (χ3v) is 2.94. The van der Waals surface area contributed by atoms with E-state index < -0.39 is 10.9 Å². The Labute approximate surface area is 123 Å². The molecule has 0 aliphatic rings. The zero-order valence-electron chi connectivity index (χ0n) is 10.7. The molecule has 0 unspecified atom stereocenters. The average Bonchev–Trinajstić information content (AvgIpc) is 2.40. The number of aromatic nitrogens is 1. The topological polar surface area (TPSA) is 103 Å². The number of nitro groups is 1. The van der Waals surface area contributed by atoms with Gasteiger partial charge in [0.15, 0.2) is 5.75 Å². The smallest absolute Gasteiger partial charge is 0.337 e. The fraction of sp³-hybridized carbons (Fsp3) is 0.0769. The van der Waals surface area contributed by atoms with Crippen molar-refractivity contribution in [1.82, 2.24) is 4.98 Å². The summed E-state index contributed by atoms with van der Waals surface area (Å²) in [6, 6.07) is 6.45. The second-order valence-corrected chi connectivity index (χ2v) is 4.47. The van der Waals surface area contributed by atoms with Crippen molar-refractivity contribution in [3.63, 3.8) is 0 Å². The van der Waals surface area contributed by atoms with Crippen molar-refractivity contribution in [3.05, 3.63) is 56.7 Å². The number of benzene rings is 1. The third-order valence-electron chi connectivity index (χ3n) is 2.63. The van der Waals surface area contributed by atoms with Gasteiger partial charge in [-0.05, 0) is 19.1 Å². The van der Waals surface area contributed by atoms with Crippen molar-refractivity contribution in [2.24, 2.45) is 0 Å². The molecule has 108 valence electrons. The molecule has 0 radical (unpaired) electrons. The van der Waals surface area contributed by atoms with Gasteiger partial charge in [0.05, 0.1) is 27.3 Å². The molecule has 0 saturated carbocycles. The SMILES string of the molecule is Cc1nc(Oc2cc([N+](=O)[O-])ccc2Cl)ccc1C(=O)O. The van der Waals surface area contributed by atoms with Gasteiger partial charge >= 0.3 is 5.97 Å². The quantitative estimate of drug-likeness (QED) is 0.685. The highest BCUT2D eigenvalue weighted by atomic mass is 35.5. The molecule has 1 N–H and O–H groups in total. The van der Waals surface area contributed by atoms with Crippen LogP contribution in [0.25, 0.3) is 0 Å². The van der Waals surface area contributed by atoms with E-state index in [0.29, 0.717) is 0 Å². The van der Waals surface area contributed by atoms with Crippen molar-refractivity contribution in [2.75, 3.05) is 0 Å². The number of non-ortho nitro benzene ring substituents is 1. The molecule has 1 aromatic heterocycles. The Balaban J connectivity index is 2.34. The van der Waals surface area contributed by atoms with Crippen LogP contribution in [0.3, 0.4) is 0 Å². The highest BCUT2D eigenvalue weighted by Crippen LogP contribution is 2.32. The van der Waals surface area contributed by atoms with Gasteiger partial charge in [-0.15, -0.1) is 0 Å². The third kappa shape index (κ3) is 3.26. The van der Waals surface area contributed by atoms with Gasteiger partial charge in [-0.25, -0.2) is 9.78 Å². The minimum absolute atomic E-state index is 0.0486. The standard InChI is InChI=1S/C13H9ClN2O5/c1-7-9(13(17)18)3-5-12(15-7)21-11-6-8(16(19)20)2-4-10(11)14/h2-6H,1H3,(H,17,18). The van der Waals surface area contributed by atoms with Gasteiger partial charge < -0.3 is 9.84 Å². The lowest BCUT2D eigenvalue weighted by Gasteiger charge is -2.08. The molecule has 1 aromatic carbocycles. The van der Waals surface area contributed by atoms with Crippen LogP contribution in [-0.2, 0) is 0 Å². The van der Waals surface area contributed by atoms with Gasteiger partial charge in [-0.2, -0.15) is 0 Å². The number of hydrogen-bond donors (Lipinski definition) is 1.